The number of anilines is 1. The topological polar surface area (TPSA) is 80.5 Å². The molecule has 0 bridgehead atoms. The number of hydrogen-bond acceptors (Lipinski definition) is 6. The van der Waals surface area contributed by atoms with Crippen molar-refractivity contribution >= 4 is 11.7 Å². The number of hydrogen-bond donors (Lipinski definition) is 1. The first-order chi connectivity index (χ1) is 10.3. The van der Waals surface area contributed by atoms with Gasteiger partial charge in [0.05, 0.1) is 38.4 Å². The summed E-state index contributed by atoms with van der Waals surface area (Å²) in [5.74, 6) is 1.30. The Bertz CT molecular complexity index is 577. The SMILES string of the molecule is O=C(c1cnc(NCc2ccco2)cn1)N1CCOCC1. The van der Waals surface area contributed by atoms with E-state index in [1.165, 1.54) is 6.20 Å². The fraction of sp³-hybridized carbons (Fsp3) is 0.357. The molecule has 0 aromatic carbocycles. The van der Waals surface area contributed by atoms with Gasteiger partial charge < -0.3 is 19.4 Å². The number of carbonyl (C=O) groups is 1. The van der Waals surface area contributed by atoms with E-state index in [0.717, 1.165) is 5.76 Å². The van der Waals surface area contributed by atoms with Crippen molar-refractivity contribution in [1.29, 1.82) is 0 Å². The highest BCUT2D eigenvalue weighted by molar-refractivity contribution is 5.92. The molecule has 0 aliphatic carbocycles. The second-order valence-corrected chi connectivity index (χ2v) is 4.62. The van der Waals surface area contributed by atoms with Crippen molar-refractivity contribution in [1.82, 2.24) is 14.9 Å². The molecule has 0 spiro atoms. The molecule has 2 aromatic heterocycles. The maximum atomic E-state index is 12.2. The number of nitrogens with one attached hydrogen (secondary N) is 1. The molecule has 0 saturated carbocycles. The number of rotatable bonds is 4. The minimum Gasteiger partial charge on any atom is -0.467 e. The Labute approximate surface area is 121 Å². The summed E-state index contributed by atoms with van der Waals surface area (Å²) in [6.07, 6.45) is 4.66. The lowest BCUT2D eigenvalue weighted by Crippen LogP contribution is -2.41. The molecule has 1 aliphatic heterocycles. The number of ether oxygens (including phenoxy) is 1. The first kappa shape index (κ1) is 13.6. The third kappa shape index (κ3) is 3.38. The van der Waals surface area contributed by atoms with Crippen LogP contribution in [0.3, 0.4) is 0 Å². The summed E-state index contributed by atoms with van der Waals surface area (Å²) in [6, 6.07) is 3.70. The predicted molar refractivity (Wildman–Crippen MR) is 74.8 cm³/mol. The van der Waals surface area contributed by atoms with Gasteiger partial charge in [0.15, 0.2) is 0 Å². The van der Waals surface area contributed by atoms with E-state index in [2.05, 4.69) is 15.3 Å². The molecular weight excluding hydrogens is 272 g/mol. The van der Waals surface area contributed by atoms with Gasteiger partial charge in [-0.15, -0.1) is 0 Å². The van der Waals surface area contributed by atoms with Crippen LogP contribution in [0.4, 0.5) is 5.82 Å². The fourth-order valence-corrected chi connectivity index (χ4v) is 2.05. The molecule has 1 fully saturated rings. The summed E-state index contributed by atoms with van der Waals surface area (Å²) in [5, 5.41) is 3.08. The van der Waals surface area contributed by atoms with Crippen molar-refractivity contribution in [2.24, 2.45) is 0 Å². The maximum Gasteiger partial charge on any atom is 0.274 e. The van der Waals surface area contributed by atoms with Gasteiger partial charge in [0.25, 0.3) is 5.91 Å². The molecule has 21 heavy (non-hydrogen) atoms. The number of nitrogens with zero attached hydrogens (tertiary/aromatic N) is 3. The van der Waals surface area contributed by atoms with Gasteiger partial charge in [0.2, 0.25) is 0 Å². The number of carbonyl (C=O) groups excluding carboxylic acids is 1. The average molecular weight is 288 g/mol. The molecular formula is C14H16N4O3. The van der Waals surface area contributed by atoms with Crippen LogP contribution in [0, 0.1) is 0 Å². The molecule has 3 rings (SSSR count). The lowest BCUT2D eigenvalue weighted by atomic mass is 10.3. The summed E-state index contributed by atoms with van der Waals surface area (Å²) in [6.45, 7) is 2.86. The molecule has 1 aliphatic rings. The van der Waals surface area contributed by atoms with Crippen molar-refractivity contribution in [3.8, 4) is 0 Å². The molecule has 0 unspecified atom stereocenters. The minimum atomic E-state index is -0.108. The highest BCUT2D eigenvalue weighted by atomic mass is 16.5. The monoisotopic (exact) mass is 288 g/mol. The van der Waals surface area contributed by atoms with Crippen molar-refractivity contribution in [3.05, 3.63) is 42.2 Å². The number of amides is 1. The lowest BCUT2D eigenvalue weighted by molar-refractivity contribution is 0.0298. The van der Waals surface area contributed by atoms with Crippen molar-refractivity contribution in [2.75, 3.05) is 31.6 Å². The minimum absolute atomic E-state index is 0.108. The van der Waals surface area contributed by atoms with Crippen LogP contribution in [0.25, 0.3) is 0 Å². The van der Waals surface area contributed by atoms with Gasteiger partial charge in [-0.2, -0.15) is 0 Å². The Hall–Kier alpha value is -2.41. The number of aromatic nitrogens is 2. The normalized spacial score (nSPS) is 15.0. The quantitative estimate of drug-likeness (QED) is 0.909. The zero-order valence-corrected chi connectivity index (χ0v) is 11.5. The fourth-order valence-electron chi connectivity index (χ4n) is 2.05. The van der Waals surface area contributed by atoms with Crippen LogP contribution >= 0.6 is 0 Å². The highest BCUT2D eigenvalue weighted by Crippen LogP contribution is 2.08. The van der Waals surface area contributed by atoms with E-state index in [4.69, 9.17) is 9.15 Å². The van der Waals surface area contributed by atoms with E-state index in [-0.39, 0.29) is 5.91 Å². The third-order valence-corrected chi connectivity index (χ3v) is 3.19. The maximum absolute atomic E-state index is 12.2. The van der Waals surface area contributed by atoms with Gasteiger partial charge in [-0.3, -0.25) is 4.79 Å². The zero-order chi connectivity index (χ0) is 14.5. The largest absolute Gasteiger partial charge is 0.467 e. The Kier molecular flexibility index (Phi) is 4.11. The van der Waals surface area contributed by atoms with Crippen LogP contribution < -0.4 is 5.32 Å². The van der Waals surface area contributed by atoms with Crippen molar-refractivity contribution in [2.45, 2.75) is 6.54 Å². The highest BCUT2D eigenvalue weighted by Gasteiger charge is 2.19. The van der Waals surface area contributed by atoms with Gasteiger partial charge >= 0.3 is 0 Å². The number of morpholine rings is 1. The predicted octanol–water partition coefficient (Wildman–Crippen LogP) is 1.15. The Morgan fingerprint density at radius 3 is 2.81 bits per heavy atom. The molecule has 1 saturated heterocycles. The average Bonchev–Trinajstić information content (AvgIpc) is 3.07. The Balaban J connectivity index is 1.59. The lowest BCUT2D eigenvalue weighted by Gasteiger charge is -2.26. The van der Waals surface area contributed by atoms with Crippen LogP contribution in [0.1, 0.15) is 16.2 Å². The molecule has 1 amide bonds. The van der Waals surface area contributed by atoms with E-state index in [0.29, 0.717) is 44.4 Å². The molecule has 3 heterocycles. The van der Waals surface area contributed by atoms with E-state index in [9.17, 15) is 4.79 Å². The summed E-state index contributed by atoms with van der Waals surface area (Å²) in [5.41, 5.74) is 0.348. The van der Waals surface area contributed by atoms with E-state index >= 15 is 0 Å². The van der Waals surface area contributed by atoms with E-state index in [1.54, 1.807) is 17.4 Å². The molecule has 0 atom stereocenters. The third-order valence-electron chi connectivity index (χ3n) is 3.19. The second kappa shape index (κ2) is 6.36. The first-order valence-corrected chi connectivity index (χ1v) is 6.78. The van der Waals surface area contributed by atoms with Crippen molar-refractivity contribution < 1.29 is 13.9 Å². The Morgan fingerprint density at radius 1 is 1.29 bits per heavy atom. The molecule has 110 valence electrons. The summed E-state index contributed by atoms with van der Waals surface area (Å²) in [4.78, 5) is 22.3. The van der Waals surface area contributed by atoms with Gasteiger partial charge in [0, 0.05) is 13.1 Å². The second-order valence-electron chi connectivity index (χ2n) is 4.62. The van der Waals surface area contributed by atoms with Crippen LogP contribution in [0.2, 0.25) is 0 Å². The summed E-state index contributed by atoms with van der Waals surface area (Å²) < 4.78 is 10.4. The Morgan fingerprint density at radius 2 is 2.14 bits per heavy atom. The van der Waals surface area contributed by atoms with Gasteiger partial charge in [-0.25, -0.2) is 9.97 Å². The first-order valence-electron chi connectivity index (χ1n) is 6.78. The molecule has 7 heteroatoms. The van der Waals surface area contributed by atoms with E-state index in [1.807, 2.05) is 12.1 Å². The molecule has 7 nitrogen and oxygen atoms in total. The van der Waals surface area contributed by atoms with Crippen LogP contribution in [0.15, 0.2) is 35.2 Å². The van der Waals surface area contributed by atoms with Crippen LogP contribution in [-0.4, -0.2) is 47.1 Å². The van der Waals surface area contributed by atoms with Gasteiger partial charge in [-0.1, -0.05) is 0 Å². The zero-order valence-electron chi connectivity index (χ0n) is 11.5. The molecule has 0 radical (unpaired) electrons. The van der Waals surface area contributed by atoms with Gasteiger partial charge in [0.1, 0.15) is 17.3 Å². The standard InChI is InChI=1S/C14H16N4O3/c19-14(18-3-6-20-7-4-18)12-9-17-13(10-15-12)16-8-11-2-1-5-21-11/h1-2,5,9-10H,3-4,6-8H2,(H,16,17). The molecule has 1 N–H and O–H groups in total. The van der Waals surface area contributed by atoms with Gasteiger partial charge in [-0.05, 0) is 12.1 Å². The summed E-state index contributed by atoms with van der Waals surface area (Å²) in [7, 11) is 0. The van der Waals surface area contributed by atoms with Crippen LogP contribution in [0.5, 0.6) is 0 Å². The summed E-state index contributed by atoms with van der Waals surface area (Å²) >= 11 is 0. The van der Waals surface area contributed by atoms with Crippen LogP contribution in [-0.2, 0) is 11.3 Å². The smallest absolute Gasteiger partial charge is 0.274 e. The van der Waals surface area contributed by atoms with E-state index < -0.39 is 0 Å². The van der Waals surface area contributed by atoms with Crippen molar-refractivity contribution in [3.63, 3.8) is 0 Å². The molecule has 2 aromatic rings. The number of furan rings is 1.